The van der Waals surface area contributed by atoms with Gasteiger partial charge in [0.2, 0.25) is 0 Å². The first-order chi connectivity index (χ1) is 8.66. The van der Waals surface area contributed by atoms with Crippen LogP contribution in [0.25, 0.3) is 0 Å². The van der Waals surface area contributed by atoms with Crippen LogP contribution in [0.2, 0.25) is 0 Å². The number of hydrogen-bond donors (Lipinski definition) is 2. The van der Waals surface area contributed by atoms with E-state index in [0.717, 1.165) is 0 Å². The molecular formula is C12H11FN2O2S. The number of nitrogens with one attached hydrogen (secondary N) is 1. The lowest BCUT2D eigenvalue weighted by Gasteiger charge is -2.15. The van der Waals surface area contributed by atoms with Gasteiger partial charge in [-0.3, -0.25) is 0 Å². The lowest BCUT2D eigenvalue weighted by molar-refractivity contribution is 0.173. The average Bonchev–Trinajstić information content (AvgIpc) is 2.93. The number of H-pyrrole nitrogens is 1. The number of fused-ring (bicyclic) bond motifs is 1. The van der Waals surface area contributed by atoms with Gasteiger partial charge in [-0.05, 0) is 29.4 Å². The van der Waals surface area contributed by atoms with Gasteiger partial charge in [-0.15, -0.1) is 0 Å². The molecule has 1 aliphatic heterocycles. The molecule has 0 bridgehead atoms. The van der Waals surface area contributed by atoms with Crippen LogP contribution in [0.15, 0.2) is 35.5 Å². The molecule has 18 heavy (non-hydrogen) atoms. The van der Waals surface area contributed by atoms with E-state index in [0.29, 0.717) is 22.7 Å². The summed E-state index contributed by atoms with van der Waals surface area (Å²) in [4.78, 5) is 7.48. The summed E-state index contributed by atoms with van der Waals surface area (Å²) in [6.45, 7) is 0. The number of nitrogens with zero attached hydrogens (tertiary/aromatic N) is 1. The number of imidazole rings is 1. The number of benzene rings is 1. The Hall–Kier alpha value is -1.37. The van der Waals surface area contributed by atoms with E-state index in [1.54, 1.807) is 12.4 Å². The first-order valence-corrected chi connectivity index (χ1v) is 6.74. The maximum Gasteiger partial charge on any atom is 0.159 e. The van der Waals surface area contributed by atoms with Gasteiger partial charge in [0.25, 0.3) is 0 Å². The quantitative estimate of drug-likeness (QED) is 0.805. The number of aliphatic hydroxyl groups excluding tert-OH is 1. The summed E-state index contributed by atoms with van der Waals surface area (Å²) < 4.78 is 25.4. The van der Waals surface area contributed by atoms with Crippen LogP contribution in [0.5, 0.6) is 0 Å². The Balaban J connectivity index is 1.91. The predicted molar refractivity (Wildman–Crippen MR) is 63.8 cm³/mol. The van der Waals surface area contributed by atoms with Gasteiger partial charge in [0.05, 0.1) is 6.42 Å². The van der Waals surface area contributed by atoms with Gasteiger partial charge in [0.15, 0.2) is 10.1 Å². The molecule has 0 saturated heterocycles. The molecule has 0 aliphatic carbocycles. The highest BCUT2D eigenvalue weighted by Crippen LogP contribution is 2.40. The van der Waals surface area contributed by atoms with E-state index in [4.69, 9.17) is 0 Å². The number of hydrogen-bond acceptors (Lipinski definition) is 3. The fourth-order valence-electron chi connectivity index (χ4n) is 2.20. The Morgan fingerprint density at radius 1 is 1.50 bits per heavy atom. The van der Waals surface area contributed by atoms with Crippen LogP contribution < -0.4 is 0 Å². The van der Waals surface area contributed by atoms with Crippen molar-refractivity contribution in [3.8, 4) is 0 Å². The Bertz CT molecular complexity index is 561. The maximum atomic E-state index is 13.1. The highest BCUT2D eigenvalue weighted by atomic mass is 32.2. The summed E-state index contributed by atoms with van der Waals surface area (Å²) in [6, 6.07) is 3.99. The smallest absolute Gasteiger partial charge is 0.159 e. The number of rotatable bonds is 2. The zero-order chi connectivity index (χ0) is 12.7. The molecule has 3 rings (SSSR count). The Morgan fingerprint density at radius 2 is 2.33 bits per heavy atom. The molecule has 4 nitrogen and oxygen atoms in total. The highest BCUT2D eigenvalue weighted by Gasteiger charge is 2.44. The first kappa shape index (κ1) is 11.7. The topological polar surface area (TPSA) is 72.0 Å². The van der Waals surface area contributed by atoms with E-state index in [1.165, 1.54) is 18.2 Å². The molecule has 3 atom stereocenters. The molecule has 1 aromatic carbocycles. The second kappa shape index (κ2) is 4.38. The van der Waals surface area contributed by atoms with Crippen LogP contribution in [-0.2, 0) is 17.6 Å². The second-order valence-electron chi connectivity index (χ2n) is 4.20. The van der Waals surface area contributed by atoms with E-state index in [-0.39, 0.29) is 0 Å². The molecule has 2 aromatic rings. The molecule has 0 saturated carbocycles. The number of aliphatic hydroxyl groups is 1. The zero-order valence-electron chi connectivity index (χ0n) is 9.34. The molecule has 0 radical (unpaired) electrons. The number of halogens is 1. The first-order valence-electron chi connectivity index (χ1n) is 5.53. The third-order valence-electron chi connectivity index (χ3n) is 3.08. The van der Waals surface area contributed by atoms with Crippen molar-refractivity contribution in [3.63, 3.8) is 0 Å². The third kappa shape index (κ3) is 1.82. The van der Waals surface area contributed by atoms with Gasteiger partial charge in [-0.25, -0.2) is 9.37 Å². The largest absolute Gasteiger partial charge is 0.611 e. The molecule has 1 aromatic heterocycles. The third-order valence-corrected chi connectivity index (χ3v) is 4.86. The lowest BCUT2D eigenvalue weighted by Crippen LogP contribution is -2.24. The molecule has 0 fully saturated rings. The minimum Gasteiger partial charge on any atom is -0.611 e. The van der Waals surface area contributed by atoms with Crippen LogP contribution in [-0.4, -0.2) is 24.9 Å². The van der Waals surface area contributed by atoms with Crippen LogP contribution in [0.3, 0.4) is 0 Å². The second-order valence-corrected chi connectivity index (χ2v) is 5.84. The van der Waals surface area contributed by atoms with Crippen LogP contribution in [0.4, 0.5) is 4.39 Å². The van der Waals surface area contributed by atoms with Gasteiger partial charge >= 0.3 is 0 Å². The molecule has 6 heteroatoms. The van der Waals surface area contributed by atoms with E-state index in [9.17, 15) is 14.0 Å². The molecular weight excluding hydrogens is 255 g/mol. The summed E-state index contributed by atoms with van der Waals surface area (Å²) >= 11 is -1.34. The SMILES string of the molecule is [O-][S+]1c2ccc(F)cc2C(O)C1Cc1ncc[nH]1. The van der Waals surface area contributed by atoms with E-state index in [2.05, 4.69) is 9.97 Å². The van der Waals surface area contributed by atoms with Gasteiger partial charge in [0.1, 0.15) is 17.7 Å². The monoisotopic (exact) mass is 266 g/mol. The Morgan fingerprint density at radius 3 is 3.06 bits per heavy atom. The minimum absolute atomic E-state index is 0.372. The standard InChI is InChI=1S/C12H11FN2O2S/c13-7-1-2-9-8(5-7)12(16)10(18(9)17)6-11-14-3-4-15-11/h1-5,10,12,16H,6H2,(H,14,15). The Labute approximate surface area is 106 Å². The molecule has 0 spiro atoms. The van der Waals surface area contributed by atoms with E-state index < -0.39 is 28.3 Å². The lowest BCUT2D eigenvalue weighted by atomic mass is 10.0. The average molecular weight is 266 g/mol. The van der Waals surface area contributed by atoms with Crippen molar-refractivity contribution in [2.24, 2.45) is 0 Å². The van der Waals surface area contributed by atoms with Crippen molar-refractivity contribution in [1.29, 1.82) is 0 Å². The molecule has 0 amide bonds. The van der Waals surface area contributed by atoms with Gasteiger partial charge in [-0.2, -0.15) is 0 Å². The van der Waals surface area contributed by atoms with Crippen LogP contribution >= 0.6 is 0 Å². The van der Waals surface area contributed by atoms with Crippen molar-refractivity contribution in [2.75, 3.05) is 0 Å². The molecule has 3 unspecified atom stereocenters. The summed E-state index contributed by atoms with van der Waals surface area (Å²) in [5.74, 6) is 0.240. The van der Waals surface area contributed by atoms with E-state index in [1.807, 2.05) is 0 Å². The summed E-state index contributed by atoms with van der Waals surface area (Å²) in [5.41, 5.74) is 0.421. The summed E-state index contributed by atoms with van der Waals surface area (Å²) in [5, 5.41) is 9.65. The minimum atomic E-state index is -1.34. The van der Waals surface area contributed by atoms with Gasteiger partial charge in [-0.1, -0.05) is 0 Å². The van der Waals surface area contributed by atoms with Gasteiger partial charge in [0, 0.05) is 18.0 Å². The highest BCUT2D eigenvalue weighted by molar-refractivity contribution is 7.92. The molecule has 2 N–H and O–H groups in total. The summed E-state index contributed by atoms with van der Waals surface area (Å²) in [7, 11) is 0. The maximum absolute atomic E-state index is 13.1. The normalized spacial score (nSPS) is 26.3. The molecule has 94 valence electrons. The number of aromatic nitrogens is 2. The fraction of sp³-hybridized carbons (Fsp3) is 0.250. The van der Waals surface area contributed by atoms with Crippen molar-refractivity contribution in [1.82, 2.24) is 9.97 Å². The van der Waals surface area contributed by atoms with Crippen molar-refractivity contribution in [3.05, 3.63) is 47.8 Å². The van der Waals surface area contributed by atoms with Crippen molar-refractivity contribution < 1.29 is 14.0 Å². The van der Waals surface area contributed by atoms with Crippen molar-refractivity contribution in [2.45, 2.75) is 22.7 Å². The van der Waals surface area contributed by atoms with Crippen LogP contribution in [0.1, 0.15) is 17.5 Å². The zero-order valence-corrected chi connectivity index (χ0v) is 10.2. The number of aromatic amines is 1. The van der Waals surface area contributed by atoms with Gasteiger partial charge < -0.3 is 14.6 Å². The summed E-state index contributed by atoms with van der Waals surface area (Å²) in [6.07, 6.45) is 2.73. The molecule has 2 heterocycles. The van der Waals surface area contributed by atoms with Crippen LogP contribution in [0, 0.1) is 5.82 Å². The molecule has 1 aliphatic rings. The predicted octanol–water partition coefficient (Wildman–Crippen LogP) is 1.31. The van der Waals surface area contributed by atoms with Crippen molar-refractivity contribution >= 4 is 11.2 Å². The Kier molecular flexibility index (Phi) is 2.85. The fourth-order valence-corrected chi connectivity index (χ4v) is 3.83. The van der Waals surface area contributed by atoms with E-state index >= 15 is 0 Å².